The van der Waals surface area contributed by atoms with Gasteiger partial charge in [0, 0.05) is 11.8 Å². The predicted molar refractivity (Wildman–Crippen MR) is 102 cm³/mol. The zero-order valence-electron chi connectivity index (χ0n) is 15.3. The summed E-state index contributed by atoms with van der Waals surface area (Å²) in [7, 11) is 0. The zero-order chi connectivity index (χ0) is 18.7. The number of pyridine rings is 2. The van der Waals surface area contributed by atoms with Crippen molar-refractivity contribution in [3.8, 4) is 11.6 Å². The van der Waals surface area contributed by atoms with Gasteiger partial charge in [-0.1, -0.05) is 6.07 Å². The van der Waals surface area contributed by atoms with Gasteiger partial charge in [0.1, 0.15) is 5.75 Å². The molecule has 5 heteroatoms. The van der Waals surface area contributed by atoms with E-state index in [0.717, 1.165) is 17.0 Å². The predicted octanol–water partition coefficient (Wildman–Crippen LogP) is 4.75. The standard InChI is InChI=1S/C21H21N3O2/c1-13-5-8-18(11-14(13)2)26-20-10-7-17(12-22-20)24-21(25)19-9-6-15(3)23-16(19)4/h5-12H,1-4H3,(H,24,25). The number of anilines is 1. The Morgan fingerprint density at radius 2 is 1.77 bits per heavy atom. The monoisotopic (exact) mass is 347 g/mol. The lowest BCUT2D eigenvalue weighted by molar-refractivity contribution is 0.102. The maximum Gasteiger partial charge on any atom is 0.257 e. The summed E-state index contributed by atoms with van der Waals surface area (Å²) in [4.78, 5) is 21.0. The van der Waals surface area contributed by atoms with E-state index in [1.165, 1.54) is 5.56 Å². The second-order valence-corrected chi connectivity index (χ2v) is 6.27. The second-order valence-electron chi connectivity index (χ2n) is 6.27. The van der Waals surface area contributed by atoms with E-state index in [2.05, 4.69) is 22.2 Å². The fourth-order valence-electron chi connectivity index (χ4n) is 2.54. The molecule has 0 atom stereocenters. The average Bonchev–Trinajstić information content (AvgIpc) is 2.60. The molecule has 2 heterocycles. The Hall–Kier alpha value is -3.21. The highest BCUT2D eigenvalue weighted by molar-refractivity contribution is 6.04. The van der Waals surface area contributed by atoms with Crippen LogP contribution in [0.25, 0.3) is 0 Å². The minimum atomic E-state index is -0.209. The first-order chi connectivity index (χ1) is 12.4. The van der Waals surface area contributed by atoms with Crippen LogP contribution in [0.5, 0.6) is 11.6 Å². The Morgan fingerprint density at radius 1 is 0.962 bits per heavy atom. The van der Waals surface area contributed by atoms with Crippen LogP contribution in [0.1, 0.15) is 32.9 Å². The lowest BCUT2D eigenvalue weighted by atomic mass is 10.1. The van der Waals surface area contributed by atoms with Gasteiger partial charge in [0.2, 0.25) is 5.88 Å². The van der Waals surface area contributed by atoms with E-state index in [1.807, 2.05) is 45.0 Å². The van der Waals surface area contributed by atoms with Gasteiger partial charge in [-0.15, -0.1) is 0 Å². The number of aryl methyl sites for hydroxylation is 4. The topological polar surface area (TPSA) is 64.1 Å². The van der Waals surface area contributed by atoms with Gasteiger partial charge < -0.3 is 10.1 Å². The Morgan fingerprint density at radius 3 is 2.42 bits per heavy atom. The lowest BCUT2D eigenvalue weighted by Gasteiger charge is -2.09. The summed E-state index contributed by atoms with van der Waals surface area (Å²) in [6, 6.07) is 13.0. The van der Waals surface area contributed by atoms with E-state index >= 15 is 0 Å². The molecule has 0 aliphatic carbocycles. The highest BCUT2D eigenvalue weighted by Gasteiger charge is 2.11. The summed E-state index contributed by atoms with van der Waals surface area (Å²) < 4.78 is 5.76. The van der Waals surface area contributed by atoms with Crippen LogP contribution in [-0.2, 0) is 0 Å². The van der Waals surface area contributed by atoms with Crippen molar-refractivity contribution in [3.05, 3.63) is 76.7 Å². The van der Waals surface area contributed by atoms with Crippen molar-refractivity contribution >= 4 is 11.6 Å². The number of carbonyl (C=O) groups is 1. The molecule has 1 amide bonds. The number of hydrogen-bond donors (Lipinski definition) is 1. The molecule has 1 N–H and O–H groups in total. The van der Waals surface area contributed by atoms with Crippen molar-refractivity contribution in [1.29, 1.82) is 0 Å². The van der Waals surface area contributed by atoms with E-state index in [4.69, 9.17) is 4.74 Å². The van der Waals surface area contributed by atoms with Gasteiger partial charge in [0.15, 0.2) is 0 Å². The van der Waals surface area contributed by atoms with Crippen molar-refractivity contribution < 1.29 is 9.53 Å². The van der Waals surface area contributed by atoms with Gasteiger partial charge >= 0.3 is 0 Å². The average molecular weight is 347 g/mol. The SMILES string of the molecule is Cc1ccc(C(=O)Nc2ccc(Oc3ccc(C)c(C)c3)nc2)c(C)n1. The summed E-state index contributed by atoms with van der Waals surface area (Å²) in [5.74, 6) is 0.998. The molecule has 0 radical (unpaired) electrons. The molecular formula is C21H21N3O2. The van der Waals surface area contributed by atoms with Crippen LogP contribution in [0.15, 0.2) is 48.7 Å². The fourth-order valence-corrected chi connectivity index (χ4v) is 2.54. The second kappa shape index (κ2) is 7.35. The van der Waals surface area contributed by atoms with Crippen LogP contribution in [0.3, 0.4) is 0 Å². The van der Waals surface area contributed by atoms with Crippen LogP contribution in [-0.4, -0.2) is 15.9 Å². The van der Waals surface area contributed by atoms with Crippen molar-refractivity contribution in [2.75, 3.05) is 5.32 Å². The van der Waals surface area contributed by atoms with Crippen molar-refractivity contribution in [2.24, 2.45) is 0 Å². The highest BCUT2D eigenvalue weighted by Crippen LogP contribution is 2.23. The molecule has 26 heavy (non-hydrogen) atoms. The molecule has 132 valence electrons. The van der Waals surface area contributed by atoms with Gasteiger partial charge in [-0.2, -0.15) is 0 Å². The number of benzene rings is 1. The van der Waals surface area contributed by atoms with E-state index in [-0.39, 0.29) is 5.91 Å². The van der Waals surface area contributed by atoms with Crippen molar-refractivity contribution in [1.82, 2.24) is 9.97 Å². The van der Waals surface area contributed by atoms with Gasteiger partial charge in [-0.05, 0) is 69.2 Å². The zero-order valence-corrected chi connectivity index (χ0v) is 15.3. The van der Waals surface area contributed by atoms with Gasteiger partial charge in [0.25, 0.3) is 5.91 Å². The molecule has 0 spiro atoms. The fraction of sp³-hybridized carbons (Fsp3) is 0.190. The van der Waals surface area contributed by atoms with E-state index in [1.54, 1.807) is 24.4 Å². The minimum Gasteiger partial charge on any atom is -0.439 e. The molecule has 2 aromatic heterocycles. The number of aromatic nitrogens is 2. The van der Waals surface area contributed by atoms with Crippen LogP contribution in [0.4, 0.5) is 5.69 Å². The molecule has 0 unspecified atom stereocenters. The summed E-state index contributed by atoms with van der Waals surface area (Å²) in [6.45, 7) is 7.81. The third-order valence-electron chi connectivity index (χ3n) is 4.16. The summed E-state index contributed by atoms with van der Waals surface area (Å²) >= 11 is 0. The molecule has 0 aliphatic heterocycles. The molecular weight excluding hydrogens is 326 g/mol. The molecule has 0 aliphatic rings. The number of carbonyl (C=O) groups excluding carboxylic acids is 1. The molecule has 0 saturated heterocycles. The Balaban J connectivity index is 1.69. The Bertz CT molecular complexity index is 950. The Labute approximate surface area is 153 Å². The van der Waals surface area contributed by atoms with Crippen LogP contribution in [0.2, 0.25) is 0 Å². The van der Waals surface area contributed by atoms with E-state index < -0.39 is 0 Å². The summed E-state index contributed by atoms with van der Waals surface area (Å²) in [5, 5.41) is 2.83. The number of rotatable bonds is 4. The summed E-state index contributed by atoms with van der Waals surface area (Å²) in [6.07, 6.45) is 1.57. The molecule has 0 fully saturated rings. The maximum atomic E-state index is 12.4. The molecule has 5 nitrogen and oxygen atoms in total. The normalized spacial score (nSPS) is 10.5. The minimum absolute atomic E-state index is 0.209. The first-order valence-corrected chi connectivity index (χ1v) is 8.39. The first kappa shape index (κ1) is 17.6. The number of hydrogen-bond acceptors (Lipinski definition) is 4. The molecule has 0 bridgehead atoms. The smallest absolute Gasteiger partial charge is 0.257 e. The third kappa shape index (κ3) is 4.06. The third-order valence-corrected chi connectivity index (χ3v) is 4.16. The number of nitrogens with one attached hydrogen (secondary N) is 1. The molecule has 1 aromatic carbocycles. The van der Waals surface area contributed by atoms with Crippen LogP contribution in [0, 0.1) is 27.7 Å². The number of nitrogens with zero attached hydrogens (tertiary/aromatic N) is 2. The van der Waals surface area contributed by atoms with Crippen molar-refractivity contribution in [2.45, 2.75) is 27.7 Å². The molecule has 0 saturated carbocycles. The van der Waals surface area contributed by atoms with Crippen molar-refractivity contribution in [3.63, 3.8) is 0 Å². The number of ether oxygens (including phenoxy) is 1. The largest absolute Gasteiger partial charge is 0.439 e. The highest BCUT2D eigenvalue weighted by atomic mass is 16.5. The maximum absolute atomic E-state index is 12.4. The van der Waals surface area contributed by atoms with Crippen LogP contribution >= 0.6 is 0 Å². The van der Waals surface area contributed by atoms with Crippen LogP contribution < -0.4 is 10.1 Å². The van der Waals surface area contributed by atoms with E-state index in [9.17, 15) is 4.79 Å². The van der Waals surface area contributed by atoms with Gasteiger partial charge in [-0.3, -0.25) is 9.78 Å². The Kier molecular flexibility index (Phi) is 4.98. The van der Waals surface area contributed by atoms with E-state index in [0.29, 0.717) is 22.8 Å². The number of amides is 1. The molecule has 3 rings (SSSR count). The summed E-state index contributed by atoms with van der Waals surface area (Å²) in [5.41, 5.74) is 5.10. The lowest BCUT2D eigenvalue weighted by Crippen LogP contribution is -2.14. The molecule has 3 aromatic rings. The van der Waals surface area contributed by atoms with Gasteiger partial charge in [-0.25, -0.2) is 4.98 Å². The van der Waals surface area contributed by atoms with Gasteiger partial charge in [0.05, 0.1) is 23.1 Å². The first-order valence-electron chi connectivity index (χ1n) is 8.39. The quantitative estimate of drug-likeness (QED) is 0.739.